The van der Waals surface area contributed by atoms with Gasteiger partial charge in [0.2, 0.25) is 0 Å². The fourth-order valence-corrected chi connectivity index (χ4v) is 3.37. The summed E-state index contributed by atoms with van der Waals surface area (Å²) in [4.78, 5) is 18.4. The maximum absolute atomic E-state index is 12.1. The zero-order valence-electron chi connectivity index (χ0n) is 11.6. The zero-order chi connectivity index (χ0) is 15.4. The van der Waals surface area contributed by atoms with Crippen molar-refractivity contribution in [2.75, 3.05) is 20.7 Å². The molecule has 0 saturated carbocycles. The smallest absolute Gasteiger partial charge is 0.266 e. The average Bonchev–Trinajstić information content (AvgIpc) is 2.74. The third-order valence-corrected chi connectivity index (χ3v) is 4.75. The van der Waals surface area contributed by atoms with Gasteiger partial charge in [0.05, 0.1) is 8.48 Å². The molecule has 0 radical (unpaired) electrons. The lowest BCUT2D eigenvalue weighted by Gasteiger charge is -2.06. The van der Waals surface area contributed by atoms with E-state index >= 15 is 0 Å². The van der Waals surface area contributed by atoms with Gasteiger partial charge in [0.25, 0.3) is 5.91 Å². The molecule has 0 unspecified atom stereocenters. The second-order valence-electron chi connectivity index (χ2n) is 4.16. The molecular formula is C15H13IN2O2S. The number of likely N-dealkylation sites (N-methyl/N-ethyl adjacent to an activating group) is 1. The molecule has 0 bridgehead atoms. The molecule has 1 aromatic rings. The number of nitrogens with zero attached hydrogens (tertiary/aromatic N) is 2. The van der Waals surface area contributed by atoms with Crippen LogP contribution in [-0.2, 0) is 4.79 Å². The summed E-state index contributed by atoms with van der Waals surface area (Å²) in [6.07, 6.45) is 7.03. The van der Waals surface area contributed by atoms with Crippen LogP contribution in [0, 0.1) is 15.9 Å². The zero-order valence-corrected chi connectivity index (χ0v) is 14.6. The van der Waals surface area contributed by atoms with Gasteiger partial charge in [0.15, 0.2) is 5.17 Å². The minimum absolute atomic E-state index is 0.0386. The fraction of sp³-hybridized carbons (Fsp3) is 0.200. The van der Waals surface area contributed by atoms with E-state index in [-0.39, 0.29) is 12.5 Å². The standard InChI is InChI=1S/C15H13IN2O2S/c1-4-7-20-12-6-5-10(8-11(12)16)9-13-14(19)18(3)15(17-2)21-13/h1,5-6,8-9H,7H2,2-3H3/b13-9+,17-15?. The highest BCUT2D eigenvalue weighted by Crippen LogP contribution is 2.32. The highest BCUT2D eigenvalue weighted by Gasteiger charge is 2.29. The highest BCUT2D eigenvalue weighted by molar-refractivity contribution is 14.1. The van der Waals surface area contributed by atoms with E-state index in [9.17, 15) is 4.79 Å². The Bertz CT molecular complexity index is 677. The third kappa shape index (κ3) is 3.60. The number of hydrogen-bond acceptors (Lipinski definition) is 4. The van der Waals surface area contributed by atoms with Gasteiger partial charge in [-0.25, -0.2) is 0 Å². The number of halogens is 1. The monoisotopic (exact) mass is 412 g/mol. The Morgan fingerprint density at radius 1 is 1.57 bits per heavy atom. The van der Waals surface area contributed by atoms with E-state index < -0.39 is 0 Å². The number of ether oxygens (including phenoxy) is 1. The Labute approximate surface area is 141 Å². The van der Waals surface area contributed by atoms with Crippen LogP contribution < -0.4 is 4.74 Å². The quantitative estimate of drug-likeness (QED) is 0.436. The first-order valence-electron chi connectivity index (χ1n) is 6.07. The number of carbonyl (C=O) groups excluding carboxylic acids is 1. The molecule has 6 heteroatoms. The summed E-state index contributed by atoms with van der Waals surface area (Å²) in [5, 5.41) is 0.704. The number of amides is 1. The number of rotatable bonds is 3. The van der Waals surface area contributed by atoms with Gasteiger partial charge in [-0.1, -0.05) is 12.0 Å². The molecule has 4 nitrogen and oxygen atoms in total. The molecule has 1 aliphatic heterocycles. The summed E-state index contributed by atoms with van der Waals surface area (Å²) in [6, 6.07) is 5.71. The van der Waals surface area contributed by atoms with Crippen LogP contribution in [0.4, 0.5) is 0 Å². The second-order valence-corrected chi connectivity index (χ2v) is 6.33. The van der Waals surface area contributed by atoms with Crippen molar-refractivity contribution >= 4 is 51.5 Å². The van der Waals surface area contributed by atoms with Gasteiger partial charge >= 0.3 is 0 Å². The number of hydrogen-bond donors (Lipinski definition) is 0. The molecule has 0 aromatic heterocycles. The van der Waals surface area contributed by atoms with Crippen molar-refractivity contribution in [3.8, 4) is 18.1 Å². The van der Waals surface area contributed by atoms with Crippen LogP contribution in [0.15, 0.2) is 28.1 Å². The molecule has 1 amide bonds. The van der Waals surface area contributed by atoms with Crippen molar-refractivity contribution in [3.05, 3.63) is 32.2 Å². The summed E-state index contributed by atoms with van der Waals surface area (Å²) in [7, 11) is 3.40. The van der Waals surface area contributed by atoms with Crippen molar-refractivity contribution in [2.24, 2.45) is 4.99 Å². The minimum atomic E-state index is -0.0386. The van der Waals surface area contributed by atoms with Gasteiger partial charge in [0, 0.05) is 14.1 Å². The Kier molecular flexibility index (Phi) is 5.31. The summed E-state index contributed by atoms with van der Waals surface area (Å²) < 4.78 is 6.37. The molecule has 0 atom stereocenters. The van der Waals surface area contributed by atoms with Gasteiger partial charge < -0.3 is 4.74 Å². The van der Waals surface area contributed by atoms with Crippen LogP contribution in [0.3, 0.4) is 0 Å². The molecule has 108 valence electrons. The number of amidine groups is 1. The average molecular weight is 412 g/mol. The third-order valence-electron chi connectivity index (χ3n) is 2.76. The van der Waals surface area contributed by atoms with Gasteiger partial charge in [-0.05, 0) is 58.1 Å². The first-order valence-corrected chi connectivity index (χ1v) is 7.96. The van der Waals surface area contributed by atoms with Crippen LogP contribution in [0.25, 0.3) is 6.08 Å². The first-order chi connectivity index (χ1) is 10.1. The van der Waals surface area contributed by atoms with Crippen LogP contribution in [0.5, 0.6) is 5.75 Å². The number of carbonyl (C=O) groups is 1. The first kappa shape index (κ1) is 15.9. The summed E-state index contributed by atoms with van der Waals surface area (Å²) in [5.41, 5.74) is 0.939. The van der Waals surface area contributed by atoms with Crippen LogP contribution >= 0.6 is 34.4 Å². The van der Waals surface area contributed by atoms with E-state index in [0.29, 0.717) is 10.1 Å². The number of thioether (sulfide) groups is 1. The van der Waals surface area contributed by atoms with Crippen molar-refractivity contribution in [1.82, 2.24) is 4.90 Å². The van der Waals surface area contributed by atoms with E-state index in [1.807, 2.05) is 24.3 Å². The fourth-order valence-electron chi connectivity index (χ4n) is 1.74. The molecule has 0 spiro atoms. The Hall–Kier alpha value is -1.46. The summed E-state index contributed by atoms with van der Waals surface area (Å²) in [5.74, 6) is 3.14. The summed E-state index contributed by atoms with van der Waals surface area (Å²) >= 11 is 3.56. The van der Waals surface area contributed by atoms with Crippen LogP contribution in [0.2, 0.25) is 0 Å². The van der Waals surface area contributed by atoms with Crippen molar-refractivity contribution in [3.63, 3.8) is 0 Å². The van der Waals surface area contributed by atoms with Gasteiger partial charge in [0.1, 0.15) is 12.4 Å². The number of aliphatic imine (C=N–C) groups is 1. The molecule has 1 aliphatic rings. The predicted octanol–water partition coefficient (Wildman–Crippen LogP) is 2.84. The van der Waals surface area contributed by atoms with Crippen LogP contribution in [0.1, 0.15) is 5.56 Å². The molecule has 1 saturated heterocycles. The highest BCUT2D eigenvalue weighted by atomic mass is 127. The van der Waals surface area contributed by atoms with Crippen LogP contribution in [-0.4, -0.2) is 36.7 Å². The lowest BCUT2D eigenvalue weighted by atomic mass is 10.2. The molecule has 21 heavy (non-hydrogen) atoms. The molecule has 1 aromatic carbocycles. The van der Waals surface area contributed by atoms with E-state index in [0.717, 1.165) is 14.9 Å². The van der Waals surface area contributed by atoms with E-state index in [4.69, 9.17) is 11.2 Å². The van der Waals surface area contributed by atoms with Gasteiger partial charge in [-0.3, -0.25) is 14.7 Å². The van der Waals surface area contributed by atoms with Crippen molar-refractivity contribution < 1.29 is 9.53 Å². The second kappa shape index (κ2) is 7.00. The molecule has 0 aliphatic carbocycles. The van der Waals surface area contributed by atoms with E-state index in [2.05, 4.69) is 33.5 Å². The topological polar surface area (TPSA) is 41.9 Å². The number of terminal acetylenes is 1. The molecule has 2 rings (SSSR count). The Morgan fingerprint density at radius 3 is 2.90 bits per heavy atom. The van der Waals surface area contributed by atoms with Crippen molar-refractivity contribution in [2.45, 2.75) is 0 Å². The lowest BCUT2D eigenvalue weighted by molar-refractivity contribution is -0.121. The number of benzene rings is 1. The molecular weight excluding hydrogens is 399 g/mol. The SMILES string of the molecule is C#CCOc1ccc(/C=C2/SC(=NC)N(C)C2=O)cc1I. The molecule has 1 heterocycles. The van der Waals surface area contributed by atoms with E-state index in [1.54, 1.807) is 19.0 Å². The molecule has 1 fully saturated rings. The largest absolute Gasteiger partial charge is 0.480 e. The van der Waals surface area contributed by atoms with Crippen molar-refractivity contribution in [1.29, 1.82) is 0 Å². The lowest BCUT2D eigenvalue weighted by Crippen LogP contribution is -2.23. The Balaban J connectivity index is 2.24. The minimum Gasteiger partial charge on any atom is -0.480 e. The maximum atomic E-state index is 12.1. The summed E-state index contributed by atoms with van der Waals surface area (Å²) in [6.45, 7) is 0.242. The normalized spacial score (nSPS) is 18.4. The maximum Gasteiger partial charge on any atom is 0.266 e. The van der Waals surface area contributed by atoms with E-state index in [1.165, 1.54) is 11.8 Å². The van der Waals surface area contributed by atoms with Gasteiger partial charge in [-0.15, -0.1) is 6.42 Å². The predicted molar refractivity (Wildman–Crippen MR) is 95.2 cm³/mol. The molecule has 0 N–H and O–H groups in total. The Morgan fingerprint density at radius 2 is 2.33 bits per heavy atom. The van der Waals surface area contributed by atoms with Gasteiger partial charge in [-0.2, -0.15) is 0 Å².